The van der Waals surface area contributed by atoms with Crippen LogP contribution in [0.4, 0.5) is 10.1 Å². The Balaban J connectivity index is 2.84. The molecule has 0 aliphatic heterocycles. The summed E-state index contributed by atoms with van der Waals surface area (Å²) >= 11 is 0. The molecular formula is C11H15FN2O2. The van der Waals surface area contributed by atoms with Crippen LogP contribution in [0.2, 0.25) is 0 Å². The van der Waals surface area contributed by atoms with Gasteiger partial charge in [0.1, 0.15) is 11.6 Å². The number of rotatable bonds is 4. The van der Waals surface area contributed by atoms with E-state index < -0.39 is 5.82 Å². The minimum Gasteiger partial charge on any atom is -0.494 e. The van der Waals surface area contributed by atoms with Crippen molar-refractivity contribution in [1.82, 2.24) is 0 Å². The smallest absolute Gasteiger partial charge is 0.228 e. The van der Waals surface area contributed by atoms with Crippen LogP contribution in [-0.4, -0.2) is 19.6 Å². The number of carbonyl (C=O) groups excluding carboxylic acids is 1. The molecule has 16 heavy (non-hydrogen) atoms. The Morgan fingerprint density at radius 2 is 2.31 bits per heavy atom. The normalized spacial score (nSPS) is 12.0. The van der Waals surface area contributed by atoms with Gasteiger partial charge in [-0.2, -0.15) is 0 Å². The predicted octanol–water partition coefficient (Wildman–Crippen LogP) is 1.37. The molecule has 88 valence electrons. The van der Waals surface area contributed by atoms with E-state index in [1.807, 2.05) is 0 Å². The first-order valence-corrected chi connectivity index (χ1v) is 4.93. The van der Waals surface area contributed by atoms with E-state index in [4.69, 9.17) is 10.5 Å². The van der Waals surface area contributed by atoms with Crippen molar-refractivity contribution < 1.29 is 13.9 Å². The van der Waals surface area contributed by atoms with Crippen LogP contribution in [0.15, 0.2) is 18.2 Å². The third kappa shape index (κ3) is 2.93. The van der Waals surface area contributed by atoms with Crippen molar-refractivity contribution in [2.24, 2.45) is 11.7 Å². The standard InChI is InChI=1S/C11H15FN2O2/c1-7(6-13)11(15)14-9-4-3-8(12)5-10(9)16-2/h3-5,7H,6,13H2,1-2H3,(H,14,15). The molecule has 0 aliphatic rings. The van der Waals surface area contributed by atoms with Crippen molar-refractivity contribution >= 4 is 11.6 Å². The molecular weight excluding hydrogens is 211 g/mol. The SMILES string of the molecule is COc1cc(F)ccc1NC(=O)C(C)CN. The third-order valence-electron chi connectivity index (χ3n) is 2.22. The fourth-order valence-corrected chi connectivity index (χ4v) is 1.13. The maximum Gasteiger partial charge on any atom is 0.228 e. The Kier molecular flexibility index (Phi) is 4.25. The lowest BCUT2D eigenvalue weighted by Crippen LogP contribution is -2.26. The van der Waals surface area contributed by atoms with E-state index in [9.17, 15) is 9.18 Å². The Labute approximate surface area is 93.6 Å². The van der Waals surface area contributed by atoms with Gasteiger partial charge >= 0.3 is 0 Å². The molecule has 0 bridgehead atoms. The summed E-state index contributed by atoms with van der Waals surface area (Å²) in [6.45, 7) is 1.97. The first-order chi connectivity index (χ1) is 7.58. The molecule has 0 aromatic heterocycles. The molecule has 0 saturated carbocycles. The van der Waals surface area contributed by atoms with Gasteiger partial charge in [0.15, 0.2) is 0 Å². The van der Waals surface area contributed by atoms with E-state index >= 15 is 0 Å². The second-order valence-corrected chi connectivity index (χ2v) is 3.47. The number of hydrogen-bond donors (Lipinski definition) is 2. The van der Waals surface area contributed by atoms with Crippen molar-refractivity contribution in [2.45, 2.75) is 6.92 Å². The Morgan fingerprint density at radius 3 is 2.88 bits per heavy atom. The summed E-state index contributed by atoms with van der Waals surface area (Å²) in [4.78, 5) is 11.6. The van der Waals surface area contributed by atoms with Gasteiger partial charge in [0.25, 0.3) is 0 Å². The summed E-state index contributed by atoms with van der Waals surface area (Å²) in [5.41, 5.74) is 5.81. The van der Waals surface area contributed by atoms with Gasteiger partial charge < -0.3 is 15.8 Å². The Bertz CT molecular complexity index is 382. The maximum atomic E-state index is 12.9. The number of methoxy groups -OCH3 is 1. The van der Waals surface area contributed by atoms with Crippen LogP contribution < -0.4 is 15.8 Å². The van der Waals surface area contributed by atoms with Crippen LogP contribution in [0.1, 0.15) is 6.92 Å². The lowest BCUT2D eigenvalue weighted by molar-refractivity contribution is -0.119. The molecule has 0 aliphatic carbocycles. The van der Waals surface area contributed by atoms with Crippen molar-refractivity contribution in [3.05, 3.63) is 24.0 Å². The highest BCUT2D eigenvalue weighted by atomic mass is 19.1. The second kappa shape index (κ2) is 5.46. The van der Waals surface area contributed by atoms with Crippen LogP contribution in [-0.2, 0) is 4.79 Å². The number of benzene rings is 1. The minimum atomic E-state index is -0.415. The molecule has 1 atom stereocenters. The second-order valence-electron chi connectivity index (χ2n) is 3.47. The molecule has 3 N–H and O–H groups in total. The Morgan fingerprint density at radius 1 is 1.62 bits per heavy atom. The number of hydrogen-bond acceptors (Lipinski definition) is 3. The summed E-state index contributed by atoms with van der Waals surface area (Å²) in [6.07, 6.45) is 0. The summed E-state index contributed by atoms with van der Waals surface area (Å²) in [6, 6.07) is 3.92. The minimum absolute atomic E-state index is 0.215. The zero-order chi connectivity index (χ0) is 12.1. The fourth-order valence-electron chi connectivity index (χ4n) is 1.13. The van der Waals surface area contributed by atoms with Gasteiger partial charge in [-0.15, -0.1) is 0 Å². The van der Waals surface area contributed by atoms with Gasteiger partial charge in [0.2, 0.25) is 5.91 Å². The van der Waals surface area contributed by atoms with Crippen LogP contribution in [0, 0.1) is 11.7 Å². The number of anilines is 1. The number of carbonyl (C=O) groups is 1. The summed E-state index contributed by atoms with van der Waals surface area (Å²) < 4.78 is 17.8. The van der Waals surface area contributed by atoms with E-state index in [0.717, 1.165) is 0 Å². The van der Waals surface area contributed by atoms with Gasteiger partial charge in [-0.3, -0.25) is 4.79 Å². The average Bonchev–Trinajstić information content (AvgIpc) is 2.30. The van der Waals surface area contributed by atoms with Crippen molar-refractivity contribution in [3.8, 4) is 5.75 Å². The van der Waals surface area contributed by atoms with Crippen molar-refractivity contribution in [2.75, 3.05) is 19.0 Å². The quantitative estimate of drug-likeness (QED) is 0.814. The topological polar surface area (TPSA) is 64.3 Å². The molecule has 0 radical (unpaired) electrons. The molecule has 5 heteroatoms. The zero-order valence-corrected chi connectivity index (χ0v) is 9.29. The fraction of sp³-hybridized carbons (Fsp3) is 0.364. The van der Waals surface area contributed by atoms with Gasteiger partial charge in [0, 0.05) is 18.5 Å². The molecule has 4 nitrogen and oxygen atoms in total. The van der Waals surface area contributed by atoms with Crippen LogP contribution in [0.5, 0.6) is 5.75 Å². The zero-order valence-electron chi connectivity index (χ0n) is 9.29. The first-order valence-electron chi connectivity index (χ1n) is 4.93. The molecule has 1 amide bonds. The molecule has 1 aromatic carbocycles. The van der Waals surface area contributed by atoms with Crippen molar-refractivity contribution in [3.63, 3.8) is 0 Å². The van der Waals surface area contributed by atoms with E-state index in [0.29, 0.717) is 5.69 Å². The van der Waals surface area contributed by atoms with Gasteiger partial charge in [-0.1, -0.05) is 6.92 Å². The highest BCUT2D eigenvalue weighted by Gasteiger charge is 2.13. The largest absolute Gasteiger partial charge is 0.494 e. The van der Waals surface area contributed by atoms with E-state index in [1.165, 1.54) is 25.3 Å². The first kappa shape index (κ1) is 12.4. The molecule has 0 spiro atoms. The number of nitrogens with one attached hydrogen (secondary N) is 1. The highest BCUT2D eigenvalue weighted by Crippen LogP contribution is 2.25. The van der Waals surface area contributed by atoms with Crippen LogP contribution in [0.3, 0.4) is 0 Å². The van der Waals surface area contributed by atoms with Crippen molar-refractivity contribution in [1.29, 1.82) is 0 Å². The summed E-state index contributed by atoms with van der Waals surface area (Å²) in [7, 11) is 1.41. The average molecular weight is 226 g/mol. The third-order valence-corrected chi connectivity index (χ3v) is 2.22. The van der Waals surface area contributed by atoms with E-state index in [-0.39, 0.29) is 24.1 Å². The summed E-state index contributed by atoms with van der Waals surface area (Å²) in [5.74, 6) is -0.638. The lowest BCUT2D eigenvalue weighted by atomic mass is 10.1. The van der Waals surface area contributed by atoms with Crippen LogP contribution >= 0.6 is 0 Å². The number of nitrogens with two attached hydrogens (primary N) is 1. The molecule has 0 fully saturated rings. The van der Waals surface area contributed by atoms with Gasteiger partial charge in [-0.05, 0) is 12.1 Å². The monoisotopic (exact) mass is 226 g/mol. The maximum absolute atomic E-state index is 12.9. The molecule has 1 aromatic rings. The number of amides is 1. The number of ether oxygens (including phenoxy) is 1. The highest BCUT2D eigenvalue weighted by molar-refractivity contribution is 5.93. The lowest BCUT2D eigenvalue weighted by Gasteiger charge is -2.12. The molecule has 0 heterocycles. The predicted molar refractivity (Wildman–Crippen MR) is 59.8 cm³/mol. The molecule has 0 saturated heterocycles. The van der Waals surface area contributed by atoms with E-state index in [1.54, 1.807) is 6.92 Å². The number of halogens is 1. The van der Waals surface area contributed by atoms with Crippen LogP contribution in [0.25, 0.3) is 0 Å². The van der Waals surface area contributed by atoms with Gasteiger partial charge in [0.05, 0.1) is 12.8 Å². The molecule has 1 rings (SSSR count). The molecule has 1 unspecified atom stereocenters. The van der Waals surface area contributed by atoms with Gasteiger partial charge in [-0.25, -0.2) is 4.39 Å². The van der Waals surface area contributed by atoms with E-state index in [2.05, 4.69) is 5.32 Å². The summed E-state index contributed by atoms with van der Waals surface area (Å²) in [5, 5.41) is 2.63. The Hall–Kier alpha value is -1.62.